The number of hydrogen-bond acceptors (Lipinski definition) is 2. The molecule has 0 bridgehead atoms. The first-order valence-electron chi connectivity index (χ1n) is 7.97. The van der Waals surface area contributed by atoms with E-state index in [9.17, 15) is 14.3 Å². The second kappa shape index (κ2) is 8.13. The average molecular weight is 308 g/mol. The number of halogens is 1. The van der Waals surface area contributed by atoms with Gasteiger partial charge in [0.25, 0.3) is 0 Å². The molecule has 1 aromatic rings. The topological polar surface area (TPSA) is 52.6 Å². The highest BCUT2D eigenvalue weighted by Gasteiger charge is 2.25. The Bertz CT molecular complexity index is 495. The van der Waals surface area contributed by atoms with Crippen LogP contribution in [-0.4, -0.2) is 42.3 Å². The van der Waals surface area contributed by atoms with Crippen LogP contribution in [-0.2, 0) is 6.42 Å². The number of aliphatic hydroxyl groups excluding tert-OH is 1. The molecule has 1 fully saturated rings. The monoisotopic (exact) mass is 308 g/mol. The molecule has 2 rings (SSSR count). The Morgan fingerprint density at radius 3 is 2.91 bits per heavy atom. The molecular formula is C17H25FN2O2. The van der Waals surface area contributed by atoms with E-state index in [4.69, 9.17) is 0 Å². The number of urea groups is 1. The number of rotatable bonds is 5. The molecule has 2 N–H and O–H groups in total. The van der Waals surface area contributed by atoms with Gasteiger partial charge in [0.05, 0.1) is 6.10 Å². The van der Waals surface area contributed by atoms with Gasteiger partial charge < -0.3 is 15.3 Å². The van der Waals surface area contributed by atoms with Crippen molar-refractivity contribution in [3.05, 3.63) is 35.6 Å². The van der Waals surface area contributed by atoms with E-state index in [0.29, 0.717) is 19.5 Å². The Kier molecular flexibility index (Phi) is 6.19. The minimum atomic E-state index is -0.295. The molecule has 0 radical (unpaired) electrons. The van der Waals surface area contributed by atoms with Gasteiger partial charge in [-0.05, 0) is 37.0 Å². The number of carbonyl (C=O) groups is 1. The predicted octanol–water partition coefficient (Wildman–Crippen LogP) is 2.56. The van der Waals surface area contributed by atoms with Crippen LogP contribution in [0.5, 0.6) is 0 Å². The second-order valence-electron chi connectivity index (χ2n) is 6.10. The molecule has 0 heterocycles. The minimum Gasteiger partial charge on any atom is -0.393 e. The molecule has 1 aromatic carbocycles. The fourth-order valence-corrected chi connectivity index (χ4v) is 2.98. The van der Waals surface area contributed by atoms with E-state index in [2.05, 4.69) is 5.32 Å². The van der Waals surface area contributed by atoms with Crippen molar-refractivity contribution in [1.29, 1.82) is 0 Å². The van der Waals surface area contributed by atoms with Gasteiger partial charge in [0.15, 0.2) is 0 Å². The quantitative estimate of drug-likeness (QED) is 0.878. The van der Waals surface area contributed by atoms with Crippen LogP contribution in [0.2, 0.25) is 0 Å². The highest BCUT2D eigenvalue weighted by atomic mass is 19.1. The van der Waals surface area contributed by atoms with E-state index < -0.39 is 0 Å². The molecule has 1 aliphatic carbocycles. The first kappa shape index (κ1) is 16.7. The fraction of sp³-hybridized carbons (Fsp3) is 0.588. The highest BCUT2D eigenvalue weighted by Crippen LogP contribution is 2.24. The molecule has 4 nitrogen and oxygen atoms in total. The average Bonchev–Trinajstić information content (AvgIpc) is 2.49. The number of benzene rings is 1. The van der Waals surface area contributed by atoms with Crippen molar-refractivity contribution in [1.82, 2.24) is 10.2 Å². The number of hydrogen-bond donors (Lipinski definition) is 2. The molecule has 0 aromatic heterocycles. The van der Waals surface area contributed by atoms with Gasteiger partial charge in [-0.3, -0.25) is 0 Å². The smallest absolute Gasteiger partial charge is 0.317 e. The summed E-state index contributed by atoms with van der Waals surface area (Å²) in [5.41, 5.74) is 0.866. The van der Waals surface area contributed by atoms with Gasteiger partial charge in [0.2, 0.25) is 0 Å². The van der Waals surface area contributed by atoms with Crippen molar-refractivity contribution in [3.63, 3.8) is 0 Å². The van der Waals surface area contributed by atoms with Crippen molar-refractivity contribution in [3.8, 4) is 0 Å². The number of nitrogens with zero attached hydrogens (tertiary/aromatic N) is 1. The van der Waals surface area contributed by atoms with E-state index in [0.717, 1.165) is 31.2 Å². The zero-order chi connectivity index (χ0) is 15.9. The van der Waals surface area contributed by atoms with Crippen LogP contribution < -0.4 is 5.32 Å². The van der Waals surface area contributed by atoms with Gasteiger partial charge in [0.1, 0.15) is 5.82 Å². The lowest BCUT2D eigenvalue weighted by Gasteiger charge is -2.31. The van der Waals surface area contributed by atoms with Gasteiger partial charge in [-0.15, -0.1) is 0 Å². The molecule has 2 atom stereocenters. The Morgan fingerprint density at radius 1 is 1.41 bits per heavy atom. The predicted molar refractivity (Wildman–Crippen MR) is 84.1 cm³/mol. The van der Waals surface area contributed by atoms with Crippen LogP contribution in [0.1, 0.15) is 31.2 Å². The van der Waals surface area contributed by atoms with Crippen molar-refractivity contribution < 1.29 is 14.3 Å². The Labute approximate surface area is 131 Å². The summed E-state index contributed by atoms with van der Waals surface area (Å²) in [7, 11) is 1.75. The van der Waals surface area contributed by atoms with E-state index in [1.807, 2.05) is 6.07 Å². The highest BCUT2D eigenvalue weighted by molar-refractivity contribution is 5.73. The van der Waals surface area contributed by atoms with Gasteiger partial charge in [-0.2, -0.15) is 0 Å². The third-order valence-electron chi connectivity index (χ3n) is 4.30. The molecule has 1 saturated carbocycles. The normalized spacial score (nSPS) is 21.4. The van der Waals surface area contributed by atoms with Gasteiger partial charge in [-0.1, -0.05) is 25.0 Å². The van der Waals surface area contributed by atoms with Crippen LogP contribution >= 0.6 is 0 Å². The number of amides is 2. The maximum absolute atomic E-state index is 13.1. The Balaban J connectivity index is 1.72. The summed E-state index contributed by atoms with van der Waals surface area (Å²) in [6.07, 6.45) is 4.31. The Hall–Kier alpha value is -1.62. The molecular weight excluding hydrogens is 283 g/mol. The van der Waals surface area contributed by atoms with Gasteiger partial charge >= 0.3 is 6.03 Å². The maximum atomic E-state index is 13.1. The summed E-state index contributed by atoms with van der Waals surface area (Å²) >= 11 is 0. The summed E-state index contributed by atoms with van der Waals surface area (Å²) in [6.45, 7) is 1.05. The largest absolute Gasteiger partial charge is 0.393 e. The van der Waals surface area contributed by atoms with Crippen molar-refractivity contribution >= 4 is 6.03 Å². The third-order valence-corrected chi connectivity index (χ3v) is 4.30. The first-order chi connectivity index (χ1) is 10.6. The SMILES string of the molecule is CN(CC1CCCCC1O)C(=O)NCCc1cccc(F)c1. The summed E-state index contributed by atoms with van der Waals surface area (Å²) in [4.78, 5) is 13.7. The second-order valence-corrected chi connectivity index (χ2v) is 6.10. The van der Waals surface area contributed by atoms with E-state index in [-0.39, 0.29) is 23.9 Å². The lowest BCUT2D eigenvalue weighted by molar-refractivity contribution is 0.0565. The zero-order valence-electron chi connectivity index (χ0n) is 13.1. The molecule has 0 spiro atoms. The van der Waals surface area contributed by atoms with E-state index in [1.165, 1.54) is 12.1 Å². The summed E-state index contributed by atoms with van der Waals surface area (Å²) in [6, 6.07) is 6.26. The van der Waals surface area contributed by atoms with Gasteiger partial charge in [0, 0.05) is 26.1 Å². The van der Waals surface area contributed by atoms with Crippen molar-refractivity contribution in [2.24, 2.45) is 5.92 Å². The third kappa shape index (κ3) is 4.98. The van der Waals surface area contributed by atoms with Crippen LogP contribution in [0.3, 0.4) is 0 Å². The molecule has 5 heteroatoms. The Morgan fingerprint density at radius 2 is 2.18 bits per heavy atom. The van der Waals surface area contributed by atoms with Crippen LogP contribution in [0.15, 0.2) is 24.3 Å². The van der Waals surface area contributed by atoms with Crippen molar-refractivity contribution in [2.75, 3.05) is 20.1 Å². The molecule has 1 aliphatic rings. The van der Waals surface area contributed by atoms with E-state index >= 15 is 0 Å². The van der Waals surface area contributed by atoms with E-state index in [1.54, 1.807) is 18.0 Å². The number of nitrogens with one attached hydrogen (secondary N) is 1. The molecule has 22 heavy (non-hydrogen) atoms. The summed E-state index contributed by atoms with van der Waals surface area (Å²) < 4.78 is 13.1. The minimum absolute atomic E-state index is 0.144. The fourth-order valence-electron chi connectivity index (χ4n) is 2.98. The molecule has 0 aliphatic heterocycles. The number of carbonyl (C=O) groups excluding carboxylic acids is 1. The zero-order valence-corrected chi connectivity index (χ0v) is 13.1. The first-order valence-corrected chi connectivity index (χ1v) is 7.97. The van der Waals surface area contributed by atoms with Gasteiger partial charge in [-0.25, -0.2) is 9.18 Å². The summed E-state index contributed by atoms with van der Waals surface area (Å²) in [5.74, 6) is -0.0834. The standard InChI is InChI=1S/C17H25FN2O2/c1-20(12-14-6-2-3-8-16(14)21)17(22)19-10-9-13-5-4-7-15(18)11-13/h4-5,7,11,14,16,21H,2-3,6,8-10,12H2,1H3,(H,19,22). The number of aliphatic hydroxyl groups is 1. The summed E-state index contributed by atoms with van der Waals surface area (Å²) in [5, 5.41) is 12.8. The van der Waals surface area contributed by atoms with Crippen LogP contribution in [0, 0.1) is 11.7 Å². The molecule has 122 valence electrons. The maximum Gasteiger partial charge on any atom is 0.317 e. The van der Waals surface area contributed by atoms with Crippen LogP contribution in [0.25, 0.3) is 0 Å². The molecule has 2 amide bonds. The van der Waals surface area contributed by atoms with Crippen molar-refractivity contribution in [2.45, 2.75) is 38.2 Å². The molecule has 0 saturated heterocycles. The lowest BCUT2D eigenvalue weighted by atomic mass is 9.86. The lowest BCUT2D eigenvalue weighted by Crippen LogP contribution is -2.43. The molecule has 2 unspecified atom stereocenters. The van der Waals surface area contributed by atoms with Crippen LogP contribution in [0.4, 0.5) is 9.18 Å².